The fourth-order valence-electron chi connectivity index (χ4n) is 5.29. The number of methoxy groups -OCH3 is 1. The van der Waals surface area contributed by atoms with Crippen molar-refractivity contribution >= 4 is 18.0 Å². The van der Waals surface area contributed by atoms with Gasteiger partial charge in [0.25, 0.3) is 0 Å². The van der Waals surface area contributed by atoms with Crippen molar-refractivity contribution in [2.24, 2.45) is 0 Å². The molecule has 0 aliphatic carbocycles. The molecule has 0 unspecified atom stereocenters. The molecule has 1 aliphatic rings. The molecule has 0 bridgehead atoms. The Morgan fingerprint density at radius 3 is 2.02 bits per heavy atom. The summed E-state index contributed by atoms with van der Waals surface area (Å²) in [5, 5.41) is 0. The van der Waals surface area contributed by atoms with E-state index < -0.39 is 76.0 Å². The smallest absolute Gasteiger partial charge is 0.410 e. The predicted molar refractivity (Wildman–Crippen MR) is 167 cm³/mol. The molecule has 3 aromatic carbocycles. The van der Waals surface area contributed by atoms with Gasteiger partial charge in [0.2, 0.25) is 34.8 Å². The summed E-state index contributed by atoms with van der Waals surface area (Å²) in [7, 11) is 1.04. The van der Waals surface area contributed by atoms with Crippen LogP contribution in [0.4, 0.5) is 31.1 Å². The van der Waals surface area contributed by atoms with Gasteiger partial charge in [-0.2, -0.15) is 8.78 Å². The Labute approximate surface area is 284 Å². The molecule has 1 aliphatic heterocycles. The Morgan fingerprint density at radius 2 is 1.46 bits per heavy atom. The second-order valence-electron chi connectivity index (χ2n) is 12.8. The molecule has 15 heteroatoms. The first-order valence-electron chi connectivity index (χ1n) is 15.4. The van der Waals surface area contributed by atoms with Gasteiger partial charge in [0.05, 0.1) is 12.7 Å². The topological polar surface area (TPSA) is 94.6 Å². The maximum Gasteiger partial charge on any atom is 0.410 e. The largest absolute Gasteiger partial charge is 0.483 e. The van der Waals surface area contributed by atoms with E-state index in [0.717, 1.165) is 13.2 Å². The van der Waals surface area contributed by atoms with Crippen LogP contribution in [0.1, 0.15) is 71.2 Å². The zero-order chi connectivity index (χ0) is 37.2. The van der Waals surface area contributed by atoms with E-state index in [1.54, 1.807) is 44.7 Å². The molecule has 0 radical (unpaired) electrons. The van der Waals surface area contributed by atoms with E-state index in [9.17, 15) is 40.7 Å². The Hall–Kier alpha value is -4.79. The van der Waals surface area contributed by atoms with Crippen molar-refractivity contribution in [3.05, 3.63) is 93.1 Å². The van der Waals surface area contributed by atoms with Gasteiger partial charge in [-0.15, -0.1) is 0 Å². The van der Waals surface area contributed by atoms with Crippen LogP contribution in [0.2, 0.25) is 0 Å². The van der Waals surface area contributed by atoms with Crippen molar-refractivity contribution in [3.8, 4) is 11.5 Å². The molecule has 3 aromatic rings. The van der Waals surface area contributed by atoms with Gasteiger partial charge < -0.3 is 23.8 Å². The number of carbonyl (C=O) groups is 3. The number of hydrogen-bond donors (Lipinski definition) is 0. The number of hydrogen-bond acceptors (Lipinski definition) is 8. The molecule has 0 N–H and O–H groups in total. The molecular weight excluding hydrogens is 674 g/mol. The normalized spacial score (nSPS) is 15.8. The number of amides is 1. The van der Waals surface area contributed by atoms with Crippen molar-refractivity contribution in [1.29, 1.82) is 0 Å². The summed E-state index contributed by atoms with van der Waals surface area (Å²) < 4.78 is 106. The van der Waals surface area contributed by atoms with Gasteiger partial charge in [0, 0.05) is 32.2 Å². The third kappa shape index (κ3) is 8.32. The summed E-state index contributed by atoms with van der Waals surface area (Å²) in [4.78, 5) is 42.3. The average Bonchev–Trinajstić information content (AvgIpc) is 3.04. The SMILES string of the molecule is COC(=O)c1cc(C(=O)Oc2c(F)c(F)c(F)c(F)c2F)c(C)cc1O[C@H](CN1CCN(C(=O)OC(C)(C)C)[C@H](C)C1)c1ccc(C)c(F)c1. The van der Waals surface area contributed by atoms with Crippen LogP contribution in [0, 0.1) is 48.8 Å². The number of nitrogens with zero attached hydrogens (tertiary/aromatic N) is 2. The highest BCUT2D eigenvalue weighted by molar-refractivity contribution is 5.99. The molecule has 2 atom stereocenters. The van der Waals surface area contributed by atoms with Crippen LogP contribution in [0.3, 0.4) is 0 Å². The van der Waals surface area contributed by atoms with Gasteiger partial charge in [-0.3, -0.25) is 4.90 Å². The van der Waals surface area contributed by atoms with E-state index in [1.165, 1.54) is 19.1 Å². The fourth-order valence-corrected chi connectivity index (χ4v) is 5.29. The van der Waals surface area contributed by atoms with Crippen LogP contribution in [0.25, 0.3) is 0 Å². The number of halogens is 6. The second kappa shape index (κ2) is 15.0. The van der Waals surface area contributed by atoms with E-state index in [1.807, 2.05) is 11.8 Å². The van der Waals surface area contributed by atoms with E-state index in [-0.39, 0.29) is 29.5 Å². The van der Waals surface area contributed by atoms with Gasteiger partial charge in [0.1, 0.15) is 28.8 Å². The minimum Gasteiger partial charge on any atom is -0.483 e. The molecular formula is C35H36F6N2O7. The fraction of sp³-hybridized carbons (Fsp3) is 0.400. The highest BCUT2D eigenvalue weighted by Crippen LogP contribution is 2.34. The molecule has 0 spiro atoms. The van der Waals surface area contributed by atoms with Crippen molar-refractivity contribution in [2.75, 3.05) is 33.3 Å². The Bertz CT molecular complexity index is 1780. The first-order valence-corrected chi connectivity index (χ1v) is 15.4. The Balaban J connectivity index is 1.67. The highest BCUT2D eigenvalue weighted by atomic mass is 19.2. The van der Waals surface area contributed by atoms with Gasteiger partial charge in [0.15, 0.2) is 0 Å². The van der Waals surface area contributed by atoms with Gasteiger partial charge in [-0.25, -0.2) is 31.9 Å². The van der Waals surface area contributed by atoms with Gasteiger partial charge >= 0.3 is 18.0 Å². The zero-order valence-corrected chi connectivity index (χ0v) is 28.4. The minimum atomic E-state index is -2.44. The Kier molecular flexibility index (Phi) is 11.4. The number of benzene rings is 3. The maximum absolute atomic E-state index is 14.8. The number of ether oxygens (including phenoxy) is 4. The molecule has 4 rings (SSSR count). The molecule has 1 fully saturated rings. The molecule has 9 nitrogen and oxygen atoms in total. The third-order valence-electron chi connectivity index (χ3n) is 7.92. The van der Waals surface area contributed by atoms with Gasteiger partial charge in [-0.1, -0.05) is 12.1 Å². The number of esters is 2. The summed E-state index contributed by atoms with van der Waals surface area (Å²) >= 11 is 0. The summed E-state index contributed by atoms with van der Waals surface area (Å²) in [5.74, 6) is -16.8. The van der Waals surface area contributed by atoms with E-state index >= 15 is 0 Å². The van der Waals surface area contributed by atoms with E-state index in [0.29, 0.717) is 30.8 Å². The van der Waals surface area contributed by atoms with Crippen LogP contribution < -0.4 is 9.47 Å². The number of piperazine rings is 1. The third-order valence-corrected chi connectivity index (χ3v) is 7.92. The lowest BCUT2D eigenvalue weighted by molar-refractivity contribution is -0.00302. The molecule has 0 aromatic heterocycles. The quantitative estimate of drug-likeness (QED) is 0.0797. The average molecular weight is 711 g/mol. The minimum absolute atomic E-state index is 0.0231. The van der Waals surface area contributed by atoms with E-state index in [2.05, 4.69) is 4.74 Å². The van der Waals surface area contributed by atoms with Crippen LogP contribution in [-0.2, 0) is 9.47 Å². The summed E-state index contributed by atoms with van der Waals surface area (Å²) in [6.45, 7) is 11.3. The first-order chi connectivity index (χ1) is 23.3. The standard InChI is InChI=1S/C35H36F6N2O7/c1-17-8-9-20(13-23(17)36)25(16-42-10-11-43(19(3)15-42)34(46)50-35(4,5)6)48-24-12-18(2)21(14-22(24)32(44)47-7)33(45)49-31-29(40)27(38)26(37)28(39)30(31)41/h8-9,12-14,19,25H,10-11,15-16H2,1-7H3/t19-,25-/m1/s1. The molecule has 270 valence electrons. The predicted octanol–water partition coefficient (Wildman–Crippen LogP) is 7.21. The molecule has 1 amide bonds. The summed E-state index contributed by atoms with van der Waals surface area (Å²) in [6, 6.07) is 6.35. The number of rotatable bonds is 8. The molecule has 1 saturated heterocycles. The number of carbonyl (C=O) groups excluding carboxylic acids is 3. The van der Waals surface area contributed by atoms with Crippen molar-refractivity contribution in [2.45, 2.75) is 59.3 Å². The van der Waals surface area contributed by atoms with Crippen molar-refractivity contribution < 1.29 is 59.7 Å². The monoisotopic (exact) mass is 710 g/mol. The molecule has 1 heterocycles. The lowest BCUT2D eigenvalue weighted by Gasteiger charge is -2.41. The molecule has 50 heavy (non-hydrogen) atoms. The molecule has 0 saturated carbocycles. The summed E-state index contributed by atoms with van der Waals surface area (Å²) in [6.07, 6.45) is -1.39. The lowest BCUT2D eigenvalue weighted by atomic mass is 10.0. The summed E-state index contributed by atoms with van der Waals surface area (Å²) in [5.41, 5.74) is -0.744. The highest BCUT2D eigenvalue weighted by Gasteiger charge is 2.34. The second-order valence-corrected chi connectivity index (χ2v) is 12.8. The lowest BCUT2D eigenvalue weighted by Crippen LogP contribution is -2.55. The zero-order valence-electron chi connectivity index (χ0n) is 28.4. The maximum atomic E-state index is 14.8. The first kappa shape index (κ1) is 38.0. The van der Waals surface area contributed by atoms with Gasteiger partial charge in [-0.05, 0) is 76.4 Å². The van der Waals surface area contributed by atoms with Crippen LogP contribution in [-0.4, -0.2) is 72.8 Å². The van der Waals surface area contributed by atoms with Crippen molar-refractivity contribution in [3.63, 3.8) is 0 Å². The van der Waals surface area contributed by atoms with Crippen molar-refractivity contribution in [1.82, 2.24) is 9.80 Å². The van der Waals surface area contributed by atoms with Crippen LogP contribution in [0.15, 0.2) is 30.3 Å². The number of aryl methyl sites for hydroxylation is 2. The van der Waals surface area contributed by atoms with Crippen LogP contribution >= 0.6 is 0 Å². The van der Waals surface area contributed by atoms with E-state index in [4.69, 9.17) is 14.2 Å². The van der Waals surface area contributed by atoms with Crippen LogP contribution in [0.5, 0.6) is 11.5 Å². The Morgan fingerprint density at radius 1 is 0.840 bits per heavy atom.